The quantitative estimate of drug-likeness (QED) is 0.0497. The van der Waals surface area contributed by atoms with Crippen LogP contribution < -0.4 is 53.3 Å². The summed E-state index contributed by atoms with van der Waals surface area (Å²) in [6.07, 6.45) is 0.402. The van der Waals surface area contributed by atoms with Gasteiger partial charge >= 0.3 is 0 Å². The van der Waals surface area contributed by atoms with Gasteiger partial charge in [0.25, 0.3) is 11.8 Å². The van der Waals surface area contributed by atoms with Gasteiger partial charge < -0.3 is 57.8 Å². The van der Waals surface area contributed by atoms with Gasteiger partial charge in [-0.2, -0.15) is 0 Å². The van der Waals surface area contributed by atoms with Crippen LogP contribution in [0.2, 0.25) is 0 Å². The predicted molar refractivity (Wildman–Crippen MR) is 312 cm³/mol. The van der Waals surface area contributed by atoms with Crippen LogP contribution in [-0.4, -0.2) is 93.5 Å². The Morgan fingerprint density at radius 1 is 0.430 bits per heavy atom. The van der Waals surface area contributed by atoms with Gasteiger partial charge in [-0.05, 0) is 119 Å². The second kappa shape index (κ2) is 27.3. The monoisotopic (exact) mass is 1100 g/mol. The maximum atomic E-state index is 16.1. The van der Waals surface area contributed by atoms with E-state index in [1.807, 2.05) is 138 Å². The summed E-state index contributed by atoms with van der Waals surface area (Å²) in [4.78, 5) is 34.2. The van der Waals surface area contributed by atoms with Crippen molar-refractivity contribution in [2.24, 2.45) is 0 Å². The number of thioether (sulfide) groups is 2. The third-order valence-corrected chi connectivity index (χ3v) is 15.8. The Labute approximate surface area is 470 Å². The molecule has 2 N–H and O–H groups in total. The predicted octanol–water partition coefficient (Wildman–Crippen LogP) is 12.7. The van der Waals surface area contributed by atoms with Gasteiger partial charge in [0.15, 0.2) is 23.0 Å². The van der Waals surface area contributed by atoms with E-state index in [2.05, 4.69) is 10.6 Å². The molecule has 14 nitrogen and oxygen atoms in total. The first-order valence-electron chi connectivity index (χ1n) is 25.4. The maximum Gasteiger partial charge on any atom is 0.268 e. The van der Waals surface area contributed by atoms with Crippen LogP contribution in [0, 0.1) is 0 Å². The van der Waals surface area contributed by atoms with Crippen LogP contribution in [0.4, 0.5) is 0 Å². The van der Waals surface area contributed by atoms with E-state index >= 15 is 9.59 Å². The third kappa shape index (κ3) is 13.3. The molecule has 2 unspecified atom stereocenters. The molecule has 8 rings (SSSR count). The Hall–Kier alpha value is -8.34. The van der Waals surface area contributed by atoms with E-state index in [0.717, 1.165) is 26.5 Å². The number of methoxy groups -OCH3 is 9. The van der Waals surface area contributed by atoms with Crippen molar-refractivity contribution in [2.45, 2.75) is 33.3 Å². The van der Waals surface area contributed by atoms with Crippen molar-refractivity contribution in [3.05, 3.63) is 186 Å². The van der Waals surface area contributed by atoms with Crippen LogP contribution in [-0.2, 0) is 13.0 Å². The zero-order valence-corrected chi connectivity index (χ0v) is 47.4. The largest absolute Gasteiger partial charge is 0.497 e. The lowest BCUT2D eigenvalue weighted by atomic mass is 9.93. The summed E-state index contributed by atoms with van der Waals surface area (Å²) >= 11 is 3.24. The highest BCUT2D eigenvalue weighted by molar-refractivity contribution is 7.99. The molecule has 0 spiro atoms. The van der Waals surface area contributed by atoms with Crippen LogP contribution in [0.1, 0.15) is 48.2 Å². The lowest BCUT2D eigenvalue weighted by Gasteiger charge is -2.21. The number of amides is 2. The number of ether oxygens (including phenoxy) is 9. The number of carbonyl (C=O) groups excluding carboxylic acids is 2. The summed E-state index contributed by atoms with van der Waals surface area (Å²) in [7, 11) is 14.1. The Bertz CT molecular complexity index is 3060. The van der Waals surface area contributed by atoms with Crippen molar-refractivity contribution in [2.75, 3.05) is 77.1 Å². The second-order valence-corrected chi connectivity index (χ2v) is 20.4. The molecule has 0 aliphatic heterocycles. The fourth-order valence-corrected chi connectivity index (χ4v) is 11.5. The molecular weight excluding hydrogens is 1040 g/mol. The number of aromatic nitrogens is 1. The van der Waals surface area contributed by atoms with Gasteiger partial charge in [0.2, 0.25) is 11.5 Å². The van der Waals surface area contributed by atoms with E-state index in [1.165, 1.54) is 42.7 Å². The molecule has 0 radical (unpaired) electrons. The van der Waals surface area contributed by atoms with Crippen molar-refractivity contribution in [1.29, 1.82) is 0 Å². The van der Waals surface area contributed by atoms with E-state index in [9.17, 15) is 0 Å². The lowest BCUT2D eigenvalue weighted by molar-refractivity contribution is 0.0938. The topological polar surface area (TPSA) is 146 Å². The number of hydrogen-bond donors (Lipinski definition) is 2. The normalized spacial score (nSPS) is 11.7. The highest BCUT2D eigenvalue weighted by Crippen LogP contribution is 2.50. The Kier molecular flexibility index (Phi) is 19.7. The van der Waals surface area contributed by atoms with Crippen LogP contribution >= 0.6 is 23.5 Å². The van der Waals surface area contributed by atoms with Gasteiger partial charge in [0.05, 0.1) is 74.5 Å². The van der Waals surface area contributed by atoms with Crippen molar-refractivity contribution >= 4 is 35.3 Å². The summed E-state index contributed by atoms with van der Waals surface area (Å²) in [5, 5.41) is 6.20. The zero-order valence-electron chi connectivity index (χ0n) is 45.7. The number of hydrogen-bond acceptors (Lipinski definition) is 13. The SMILES string of the molecule is COc1ccc(CCn2c(C(=O)NCC(Sc3ccccc3)c3ccc(OC)cc3)c(-c3cc(OC)c(OC)c(OC)c3)c(-c3cc(OC)c(OC)c(OC)c3)c2C(=O)NCC(Sc2ccccc2)c2ccc(OC)cc2)cc1. The lowest BCUT2D eigenvalue weighted by Crippen LogP contribution is -2.33. The molecule has 0 aliphatic rings. The fourth-order valence-electron chi connectivity index (χ4n) is 9.32. The van der Waals surface area contributed by atoms with Crippen molar-refractivity contribution in [3.8, 4) is 74.0 Å². The first-order chi connectivity index (χ1) is 38.6. The molecule has 0 saturated heterocycles. The Morgan fingerprint density at radius 2 is 0.772 bits per heavy atom. The second-order valence-electron chi connectivity index (χ2n) is 17.8. The van der Waals surface area contributed by atoms with Crippen LogP contribution in [0.15, 0.2) is 168 Å². The van der Waals surface area contributed by atoms with Gasteiger partial charge in [0.1, 0.15) is 28.6 Å². The minimum absolute atomic E-state index is 0.168. The molecule has 8 aromatic rings. The molecule has 7 aromatic carbocycles. The molecule has 1 aromatic heterocycles. The minimum Gasteiger partial charge on any atom is -0.497 e. The molecular formula is C63H65N3O11S2. The molecule has 0 fully saturated rings. The van der Waals surface area contributed by atoms with Gasteiger partial charge in [0, 0.05) is 40.6 Å². The summed E-state index contributed by atoms with van der Waals surface area (Å²) in [5.41, 5.74) is 5.03. The summed E-state index contributed by atoms with van der Waals surface area (Å²) in [5.74, 6) is 3.20. The first-order valence-corrected chi connectivity index (χ1v) is 27.1. The molecule has 16 heteroatoms. The molecule has 1 heterocycles. The Morgan fingerprint density at radius 3 is 1.09 bits per heavy atom. The smallest absolute Gasteiger partial charge is 0.268 e. The van der Waals surface area contributed by atoms with Crippen molar-refractivity contribution < 1.29 is 52.2 Å². The highest BCUT2D eigenvalue weighted by Gasteiger charge is 2.35. The van der Waals surface area contributed by atoms with Crippen LogP contribution in [0.3, 0.4) is 0 Å². The van der Waals surface area contributed by atoms with Crippen molar-refractivity contribution in [3.63, 3.8) is 0 Å². The maximum absolute atomic E-state index is 16.1. The van der Waals surface area contributed by atoms with E-state index < -0.39 is 11.8 Å². The average molecular weight is 1100 g/mol. The zero-order chi connectivity index (χ0) is 55.8. The molecule has 79 heavy (non-hydrogen) atoms. The minimum atomic E-state index is -0.450. The van der Waals surface area contributed by atoms with E-state index in [-0.39, 0.29) is 41.5 Å². The molecule has 2 amide bonds. The number of nitrogens with one attached hydrogen (secondary N) is 2. The number of benzene rings is 7. The Balaban J connectivity index is 1.39. The number of aryl methyl sites for hydroxylation is 1. The number of carbonyl (C=O) groups is 2. The van der Waals surface area contributed by atoms with E-state index in [4.69, 9.17) is 42.6 Å². The van der Waals surface area contributed by atoms with E-state index in [1.54, 1.807) is 69.1 Å². The molecule has 0 bridgehead atoms. The summed E-state index contributed by atoms with van der Waals surface area (Å²) in [6, 6.07) is 50.6. The summed E-state index contributed by atoms with van der Waals surface area (Å²) in [6.45, 7) is 0.537. The average Bonchev–Trinajstić information content (AvgIpc) is 3.95. The van der Waals surface area contributed by atoms with Gasteiger partial charge in [-0.3, -0.25) is 9.59 Å². The van der Waals surface area contributed by atoms with Gasteiger partial charge in [-0.1, -0.05) is 72.8 Å². The third-order valence-electron chi connectivity index (χ3n) is 13.3. The molecule has 2 atom stereocenters. The molecule has 0 saturated carbocycles. The number of nitrogens with zero attached hydrogens (tertiary/aromatic N) is 1. The molecule has 410 valence electrons. The summed E-state index contributed by atoms with van der Waals surface area (Å²) < 4.78 is 54.1. The standard InChI is InChI=1S/C63H65N3O11S2/c1-69-45-26-20-40(21-27-45)32-33-66-58(62(67)64-38-54(78-48-16-12-10-13-17-48)41-22-28-46(70-2)29-23-41)56(43-34-50(72-4)60(76-8)51(35-43)73-5)57(44-36-52(74-6)61(77-9)53(37-44)75-7)59(66)63(68)65-39-55(79-49-18-14-11-15-19-49)42-24-30-47(71-3)31-25-42/h10-31,34-37,54-55H,32-33,38-39H2,1-9H3,(H,64,67)(H,65,68). The molecule has 0 aliphatic carbocycles. The van der Waals surface area contributed by atoms with Gasteiger partial charge in [-0.15, -0.1) is 23.5 Å². The highest BCUT2D eigenvalue weighted by atomic mass is 32.2. The van der Waals surface area contributed by atoms with Gasteiger partial charge in [-0.25, -0.2) is 0 Å². The first kappa shape index (κ1) is 56.9. The fraction of sp³-hybridized carbons (Fsp3) is 0.238. The van der Waals surface area contributed by atoms with Crippen molar-refractivity contribution in [1.82, 2.24) is 15.2 Å². The number of rotatable bonds is 26. The van der Waals surface area contributed by atoms with Crippen LogP contribution in [0.5, 0.6) is 51.7 Å². The van der Waals surface area contributed by atoms with Crippen LogP contribution in [0.25, 0.3) is 22.3 Å². The van der Waals surface area contributed by atoms with E-state index in [0.29, 0.717) is 80.4 Å².